The maximum Gasteiger partial charge on any atom is 0.226 e. The molecule has 3 aromatic carbocycles. The van der Waals surface area contributed by atoms with Crippen molar-refractivity contribution < 1.29 is 9.47 Å². The van der Waals surface area contributed by atoms with Gasteiger partial charge in [-0.25, -0.2) is 4.99 Å². The molecular weight excluding hydrogens is 346 g/mol. The van der Waals surface area contributed by atoms with Gasteiger partial charge in [0.1, 0.15) is 11.5 Å². The van der Waals surface area contributed by atoms with Gasteiger partial charge in [0.15, 0.2) is 0 Å². The first-order chi connectivity index (χ1) is 13.6. The maximum atomic E-state index is 6.12. The summed E-state index contributed by atoms with van der Waals surface area (Å²) in [4.78, 5) is 4.74. The van der Waals surface area contributed by atoms with Crippen LogP contribution in [0.4, 0.5) is 5.69 Å². The Balaban J connectivity index is 1.92. The van der Waals surface area contributed by atoms with Gasteiger partial charge in [-0.3, -0.25) is 0 Å². The first-order valence-corrected chi connectivity index (χ1v) is 9.45. The van der Waals surface area contributed by atoms with Crippen molar-refractivity contribution in [2.24, 2.45) is 4.99 Å². The Labute approximate surface area is 167 Å². The molecule has 0 aliphatic carbocycles. The highest BCUT2D eigenvalue weighted by molar-refractivity contribution is 5.96. The van der Waals surface area contributed by atoms with E-state index in [0.29, 0.717) is 5.90 Å². The van der Waals surface area contributed by atoms with E-state index in [1.807, 2.05) is 85.8 Å². The lowest BCUT2D eigenvalue weighted by molar-refractivity contribution is 0.471. The molecular formula is C25H25NO2. The van der Waals surface area contributed by atoms with E-state index in [1.54, 1.807) is 6.26 Å². The SMILES string of the molecule is CCC(=C\Oc1cccc(C)c1)/C(=N/c1ccc(C)cc1)Oc1ccccc1. The number of aliphatic imine (C=N–C) groups is 1. The monoisotopic (exact) mass is 371 g/mol. The van der Waals surface area contributed by atoms with Crippen LogP contribution in [-0.4, -0.2) is 5.90 Å². The number of para-hydroxylation sites is 1. The molecule has 3 rings (SSSR count). The van der Waals surface area contributed by atoms with E-state index < -0.39 is 0 Å². The topological polar surface area (TPSA) is 30.8 Å². The average molecular weight is 371 g/mol. The molecule has 0 heterocycles. The van der Waals surface area contributed by atoms with Gasteiger partial charge < -0.3 is 9.47 Å². The molecule has 3 aromatic rings. The Hall–Kier alpha value is -3.33. The van der Waals surface area contributed by atoms with E-state index >= 15 is 0 Å². The highest BCUT2D eigenvalue weighted by Gasteiger charge is 2.10. The summed E-state index contributed by atoms with van der Waals surface area (Å²) in [6.07, 6.45) is 2.45. The lowest BCUT2D eigenvalue weighted by Gasteiger charge is -2.12. The Morgan fingerprint density at radius 3 is 2.21 bits per heavy atom. The van der Waals surface area contributed by atoms with Crippen LogP contribution >= 0.6 is 0 Å². The Morgan fingerprint density at radius 2 is 1.54 bits per heavy atom. The summed E-state index contributed by atoms with van der Waals surface area (Å²) >= 11 is 0. The molecule has 0 atom stereocenters. The van der Waals surface area contributed by atoms with Gasteiger partial charge in [0, 0.05) is 5.57 Å². The summed E-state index contributed by atoms with van der Waals surface area (Å²) in [6, 6.07) is 25.7. The van der Waals surface area contributed by atoms with Crippen molar-refractivity contribution in [1.29, 1.82) is 0 Å². The Morgan fingerprint density at radius 1 is 0.821 bits per heavy atom. The van der Waals surface area contributed by atoms with Crippen molar-refractivity contribution in [3.63, 3.8) is 0 Å². The zero-order valence-electron chi connectivity index (χ0n) is 16.6. The summed E-state index contributed by atoms with van der Waals surface area (Å²) in [6.45, 7) is 6.16. The van der Waals surface area contributed by atoms with E-state index in [1.165, 1.54) is 5.56 Å². The third kappa shape index (κ3) is 5.58. The van der Waals surface area contributed by atoms with Crippen molar-refractivity contribution in [3.05, 3.63) is 102 Å². The normalized spacial score (nSPS) is 12.0. The summed E-state index contributed by atoms with van der Waals surface area (Å²) in [5.74, 6) is 2.06. The van der Waals surface area contributed by atoms with Crippen molar-refractivity contribution in [1.82, 2.24) is 0 Å². The van der Waals surface area contributed by atoms with Crippen molar-refractivity contribution in [3.8, 4) is 11.5 Å². The first-order valence-electron chi connectivity index (χ1n) is 9.45. The summed E-state index contributed by atoms with van der Waals surface area (Å²) in [5, 5.41) is 0. The van der Waals surface area contributed by atoms with E-state index in [9.17, 15) is 0 Å². The second-order valence-corrected chi connectivity index (χ2v) is 6.60. The molecule has 0 fully saturated rings. The van der Waals surface area contributed by atoms with Crippen LogP contribution in [0.5, 0.6) is 11.5 Å². The van der Waals surface area contributed by atoms with Crippen LogP contribution in [0.3, 0.4) is 0 Å². The van der Waals surface area contributed by atoms with Gasteiger partial charge in [0.25, 0.3) is 0 Å². The second-order valence-electron chi connectivity index (χ2n) is 6.60. The van der Waals surface area contributed by atoms with Gasteiger partial charge in [-0.2, -0.15) is 0 Å². The van der Waals surface area contributed by atoms with Crippen LogP contribution in [0.15, 0.2) is 95.7 Å². The highest BCUT2D eigenvalue weighted by atomic mass is 16.5. The van der Waals surface area contributed by atoms with Crippen LogP contribution in [0, 0.1) is 13.8 Å². The van der Waals surface area contributed by atoms with Crippen LogP contribution in [0.1, 0.15) is 24.5 Å². The number of hydrogen-bond donors (Lipinski definition) is 0. The number of rotatable bonds is 6. The van der Waals surface area contributed by atoms with Crippen LogP contribution in [-0.2, 0) is 0 Å². The fourth-order valence-electron chi connectivity index (χ4n) is 2.61. The Bertz CT molecular complexity index is 957. The number of nitrogens with zero attached hydrogens (tertiary/aromatic N) is 1. The zero-order valence-corrected chi connectivity index (χ0v) is 16.6. The highest BCUT2D eigenvalue weighted by Crippen LogP contribution is 2.20. The average Bonchev–Trinajstić information content (AvgIpc) is 2.71. The summed E-state index contributed by atoms with van der Waals surface area (Å²) in [7, 11) is 0. The molecule has 142 valence electrons. The van der Waals surface area contributed by atoms with E-state index in [2.05, 4.69) is 13.8 Å². The molecule has 0 unspecified atom stereocenters. The van der Waals surface area contributed by atoms with Gasteiger partial charge in [-0.05, 0) is 62.2 Å². The Kier molecular flexibility index (Phi) is 6.64. The van der Waals surface area contributed by atoms with Crippen LogP contribution in [0.25, 0.3) is 0 Å². The minimum Gasteiger partial charge on any atom is -0.465 e. The predicted molar refractivity (Wildman–Crippen MR) is 116 cm³/mol. The quantitative estimate of drug-likeness (QED) is 0.271. The molecule has 0 N–H and O–H groups in total. The standard InChI is InChI=1S/C25H25NO2/c1-4-21(18-27-24-12-8-9-20(3)17-24)25(28-23-10-6-5-7-11-23)26-22-15-13-19(2)14-16-22/h5-18H,4H2,1-3H3/b21-18+,26-25-. The number of benzene rings is 3. The van der Waals surface area contributed by atoms with Gasteiger partial charge in [-0.1, -0.05) is 55.0 Å². The molecule has 0 aliphatic heterocycles. The lowest BCUT2D eigenvalue weighted by Crippen LogP contribution is -2.12. The third-order valence-electron chi connectivity index (χ3n) is 4.20. The maximum absolute atomic E-state index is 6.12. The molecule has 0 saturated carbocycles. The summed E-state index contributed by atoms with van der Waals surface area (Å²) < 4.78 is 12.0. The molecule has 0 bridgehead atoms. The smallest absolute Gasteiger partial charge is 0.226 e. The third-order valence-corrected chi connectivity index (χ3v) is 4.20. The van der Waals surface area contributed by atoms with Gasteiger partial charge in [-0.15, -0.1) is 0 Å². The minimum absolute atomic E-state index is 0.533. The molecule has 3 nitrogen and oxygen atoms in total. The molecule has 0 radical (unpaired) electrons. The van der Waals surface area contributed by atoms with Gasteiger partial charge in [0.05, 0.1) is 11.9 Å². The van der Waals surface area contributed by atoms with Crippen LogP contribution < -0.4 is 9.47 Å². The number of hydrogen-bond acceptors (Lipinski definition) is 3. The van der Waals surface area contributed by atoms with Crippen molar-refractivity contribution in [2.75, 3.05) is 0 Å². The van der Waals surface area contributed by atoms with Gasteiger partial charge in [0.2, 0.25) is 5.90 Å². The van der Waals surface area contributed by atoms with Crippen molar-refractivity contribution >= 4 is 11.6 Å². The summed E-state index contributed by atoms with van der Waals surface area (Å²) in [5.41, 5.74) is 4.06. The number of ether oxygens (including phenoxy) is 2. The molecule has 0 spiro atoms. The molecule has 0 aromatic heterocycles. The van der Waals surface area contributed by atoms with E-state index in [0.717, 1.165) is 34.7 Å². The fraction of sp³-hybridized carbons (Fsp3) is 0.160. The molecule has 0 saturated heterocycles. The molecule has 0 aliphatic rings. The second kappa shape index (κ2) is 9.56. The molecule has 28 heavy (non-hydrogen) atoms. The lowest BCUT2D eigenvalue weighted by atomic mass is 10.2. The molecule has 0 amide bonds. The van der Waals surface area contributed by atoms with Gasteiger partial charge >= 0.3 is 0 Å². The number of aryl methyl sites for hydroxylation is 2. The fourth-order valence-corrected chi connectivity index (χ4v) is 2.61. The van der Waals surface area contributed by atoms with E-state index in [-0.39, 0.29) is 0 Å². The van der Waals surface area contributed by atoms with Crippen LogP contribution in [0.2, 0.25) is 0 Å². The predicted octanol–water partition coefficient (Wildman–Crippen LogP) is 6.79. The van der Waals surface area contributed by atoms with E-state index in [4.69, 9.17) is 14.5 Å². The first kappa shape index (κ1) is 19.4. The zero-order chi connectivity index (χ0) is 19.8. The van der Waals surface area contributed by atoms with Crippen molar-refractivity contribution in [2.45, 2.75) is 27.2 Å². The largest absolute Gasteiger partial charge is 0.465 e. The minimum atomic E-state index is 0.533. The molecule has 3 heteroatoms.